The van der Waals surface area contributed by atoms with Gasteiger partial charge in [-0.1, -0.05) is 34.8 Å². The second kappa shape index (κ2) is 10.3. The first-order valence-electron chi connectivity index (χ1n) is 9.43. The summed E-state index contributed by atoms with van der Waals surface area (Å²) < 4.78 is 38.1. The van der Waals surface area contributed by atoms with Gasteiger partial charge in [-0.25, -0.2) is 0 Å². The van der Waals surface area contributed by atoms with Crippen LogP contribution in [0.15, 0.2) is 36.4 Å². The fourth-order valence-electron chi connectivity index (χ4n) is 3.21. The lowest BCUT2D eigenvalue weighted by molar-refractivity contribution is -0.185. The van der Waals surface area contributed by atoms with Crippen LogP contribution in [0.5, 0.6) is 0 Å². The fourth-order valence-corrected chi connectivity index (χ4v) is 3.96. The van der Waals surface area contributed by atoms with Crippen molar-refractivity contribution in [2.75, 3.05) is 36.4 Å². The molecule has 0 spiro atoms. The van der Waals surface area contributed by atoms with Crippen LogP contribution in [-0.2, 0) is 4.79 Å². The maximum atomic E-state index is 12.7. The van der Waals surface area contributed by atoms with Crippen LogP contribution < -0.4 is 15.5 Å². The standard InChI is InChI=1S/C20H16Cl3F3N4O2S/c21-11-1-3-14(23)13(9-11)17(31)28-19(33)27-15-10-12(22)2-4-16(15)29-5-7-30(8-6-29)18(32)20(24,25)26/h1-4,9-10H,5-8H2,(H2,27,28,31,33). The summed E-state index contributed by atoms with van der Waals surface area (Å²) in [6.07, 6.45) is -4.91. The number of halogens is 6. The molecule has 2 N–H and O–H groups in total. The molecule has 2 aromatic carbocycles. The van der Waals surface area contributed by atoms with E-state index in [9.17, 15) is 22.8 Å². The quantitative estimate of drug-likeness (QED) is 0.539. The summed E-state index contributed by atoms with van der Waals surface area (Å²) in [6, 6.07) is 9.27. The van der Waals surface area contributed by atoms with E-state index in [4.69, 9.17) is 47.0 Å². The molecular weight excluding hydrogens is 524 g/mol. The molecule has 33 heavy (non-hydrogen) atoms. The number of thiocarbonyl (C=S) groups is 1. The zero-order chi connectivity index (χ0) is 24.3. The molecule has 1 saturated heterocycles. The molecule has 0 radical (unpaired) electrons. The number of nitrogens with zero attached hydrogens (tertiary/aromatic N) is 2. The van der Waals surface area contributed by atoms with E-state index in [1.54, 1.807) is 23.1 Å². The Morgan fingerprint density at radius 1 is 0.939 bits per heavy atom. The van der Waals surface area contributed by atoms with E-state index in [1.165, 1.54) is 18.2 Å². The lowest BCUT2D eigenvalue weighted by Gasteiger charge is -2.37. The lowest BCUT2D eigenvalue weighted by Crippen LogP contribution is -2.52. The monoisotopic (exact) mass is 538 g/mol. The van der Waals surface area contributed by atoms with Crippen LogP contribution >= 0.6 is 47.0 Å². The molecule has 2 amide bonds. The van der Waals surface area contributed by atoms with Gasteiger partial charge in [0.05, 0.1) is 22.0 Å². The van der Waals surface area contributed by atoms with Crippen molar-refractivity contribution < 1.29 is 22.8 Å². The van der Waals surface area contributed by atoms with E-state index in [0.29, 0.717) is 21.4 Å². The summed E-state index contributed by atoms with van der Waals surface area (Å²) >= 11 is 23.3. The highest BCUT2D eigenvalue weighted by molar-refractivity contribution is 7.80. The summed E-state index contributed by atoms with van der Waals surface area (Å²) in [5.41, 5.74) is 1.15. The third kappa shape index (κ3) is 6.41. The largest absolute Gasteiger partial charge is 0.471 e. The molecule has 1 aliphatic heterocycles. The Labute approximate surface area is 207 Å². The van der Waals surface area contributed by atoms with Crippen molar-refractivity contribution in [1.29, 1.82) is 0 Å². The number of benzene rings is 2. The van der Waals surface area contributed by atoms with Gasteiger partial charge in [-0.2, -0.15) is 13.2 Å². The molecule has 176 valence electrons. The molecule has 0 atom stereocenters. The Morgan fingerprint density at radius 2 is 1.55 bits per heavy atom. The Hall–Kier alpha value is -2.27. The molecule has 0 bridgehead atoms. The van der Waals surface area contributed by atoms with Gasteiger partial charge < -0.3 is 15.1 Å². The lowest BCUT2D eigenvalue weighted by atomic mass is 10.2. The highest BCUT2D eigenvalue weighted by atomic mass is 35.5. The highest BCUT2D eigenvalue weighted by Crippen LogP contribution is 2.31. The van der Waals surface area contributed by atoms with Gasteiger partial charge >= 0.3 is 12.1 Å². The molecule has 1 aliphatic rings. The van der Waals surface area contributed by atoms with Crippen LogP contribution in [0.2, 0.25) is 15.1 Å². The molecule has 6 nitrogen and oxygen atoms in total. The Balaban J connectivity index is 1.70. The van der Waals surface area contributed by atoms with Gasteiger partial charge in [0.25, 0.3) is 5.91 Å². The van der Waals surface area contributed by atoms with E-state index >= 15 is 0 Å². The van der Waals surface area contributed by atoms with Gasteiger partial charge in [-0.05, 0) is 48.6 Å². The Kier molecular flexibility index (Phi) is 7.94. The van der Waals surface area contributed by atoms with Gasteiger partial charge in [0.15, 0.2) is 5.11 Å². The first-order chi connectivity index (χ1) is 15.5. The predicted octanol–water partition coefficient (Wildman–Crippen LogP) is 4.98. The Morgan fingerprint density at radius 3 is 2.18 bits per heavy atom. The molecule has 13 heteroatoms. The first kappa shape index (κ1) is 25.4. The number of anilines is 2. The van der Waals surface area contributed by atoms with Crippen LogP contribution in [0.4, 0.5) is 24.5 Å². The molecule has 0 saturated carbocycles. The second-order valence-corrected chi connectivity index (χ2v) is 8.66. The smallest absolute Gasteiger partial charge is 0.366 e. The fraction of sp³-hybridized carbons (Fsp3) is 0.250. The third-order valence-electron chi connectivity index (χ3n) is 4.76. The number of carbonyl (C=O) groups excluding carboxylic acids is 2. The van der Waals surface area contributed by atoms with Crippen molar-refractivity contribution in [1.82, 2.24) is 10.2 Å². The first-order valence-corrected chi connectivity index (χ1v) is 11.0. The Bertz CT molecular complexity index is 1090. The number of carbonyl (C=O) groups is 2. The van der Waals surface area contributed by atoms with E-state index in [2.05, 4.69) is 10.6 Å². The molecule has 2 aromatic rings. The van der Waals surface area contributed by atoms with Crippen molar-refractivity contribution in [3.8, 4) is 0 Å². The van der Waals surface area contributed by atoms with Gasteiger partial charge in [-0.15, -0.1) is 0 Å². The summed E-state index contributed by atoms with van der Waals surface area (Å²) in [4.78, 5) is 26.5. The molecule has 0 aliphatic carbocycles. The molecule has 1 fully saturated rings. The summed E-state index contributed by atoms with van der Waals surface area (Å²) in [7, 11) is 0. The van der Waals surface area contributed by atoms with Gasteiger partial charge in [0.1, 0.15) is 0 Å². The minimum Gasteiger partial charge on any atom is -0.366 e. The molecular formula is C20H16Cl3F3N4O2S. The number of hydrogen-bond donors (Lipinski definition) is 2. The van der Waals surface area contributed by atoms with Crippen LogP contribution in [0.25, 0.3) is 0 Å². The van der Waals surface area contributed by atoms with Crippen molar-refractivity contribution in [2.45, 2.75) is 6.18 Å². The van der Waals surface area contributed by atoms with Gasteiger partial charge in [-0.3, -0.25) is 14.9 Å². The number of amides is 2. The number of alkyl halides is 3. The van der Waals surface area contributed by atoms with Crippen molar-refractivity contribution in [2.24, 2.45) is 0 Å². The minimum absolute atomic E-state index is 0.0505. The molecule has 0 aromatic heterocycles. The van der Waals surface area contributed by atoms with Gasteiger partial charge in [0.2, 0.25) is 0 Å². The van der Waals surface area contributed by atoms with E-state index < -0.39 is 18.0 Å². The van der Waals surface area contributed by atoms with Gasteiger partial charge in [0, 0.05) is 36.2 Å². The van der Waals surface area contributed by atoms with Crippen molar-refractivity contribution in [3.05, 3.63) is 57.0 Å². The molecule has 1 heterocycles. The highest BCUT2D eigenvalue weighted by Gasteiger charge is 2.43. The normalized spacial score (nSPS) is 14.1. The topological polar surface area (TPSA) is 64.7 Å². The third-order valence-corrected chi connectivity index (χ3v) is 5.76. The molecule has 0 unspecified atom stereocenters. The summed E-state index contributed by atoms with van der Waals surface area (Å²) in [5, 5.41) is 6.21. The number of hydrogen-bond acceptors (Lipinski definition) is 4. The summed E-state index contributed by atoms with van der Waals surface area (Å²) in [6.45, 7) is 0.120. The number of rotatable bonds is 3. The van der Waals surface area contributed by atoms with Crippen LogP contribution in [0.3, 0.4) is 0 Å². The van der Waals surface area contributed by atoms with Crippen molar-refractivity contribution in [3.63, 3.8) is 0 Å². The summed E-state index contributed by atoms with van der Waals surface area (Å²) in [5.74, 6) is -2.44. The maximum absolute atomic E-state index is 12.7. The van der Waals surface area contributed by atoms with E-state index in [-0.39, 0.29) is 41.9 Å². The number of piperazine rings is 1. The minimum atomic E-state index is -4.91. The second-order valence-electron chi connectivity index (χ2n) is 6.97. The van der Waals surface area contributed by atoms with E-state index in [0.717, 1.165) is 4.90 Å². The average molecular weight is 540 g/mol. The van der Waals surface area contributed by atoms with Crippen LogP contribution in [-0.4, -0.2) is 54.2 Å². The van der Waals surface area contributed by atoms with Crippen LogP contribution in [0.1, 0.15) is 10.4 Å². The number of nitrogens with one attached hydrogen (secondary N) is 2. The maximum Gasteiger partial charge on any atom is 0.471 e. The average Bonchev–Trinajstić information content (AvgIpc) is 2.74. The SMILES string of the molecule is O=C(NC(=S)Nc1cc(Cl)ccc1N1CCN(C(=O)C(F)(F)F)CC1)c1cc(Cl)ccc1Cl. The van der Waals surface area contributed by atoms with Crippen molar-refractivity contribution >= 4 is 75.3 Å². The van der Waals surface area contributed by atoms with Crippen LogP contribution in [0, 0.1) is 0 Å². The zero-order valence-corrected chi connectivity index (χ0v) is 19.8. The van der Waals surface area contributed by atoms with E-state index in [1.807, 2.05) is 0 Å². The zero-order valence-electron chi connectivity index (χ0n) is 16.7. The predicted molar refractivity (Wildman–Crippen MR) is 126 cm³/mol. The molecule has 3 rings (SSSR count).